The Kier molecular flexibility index (Phi) is 5.25. The number of amidine groups is 1. The van der Waals surface area contributed by atoms with Crippen LogP contribution in [-0.2, 0) is 9.53 Å². The van der Waals surface area contributed by atoms with Crippen LogP contribution in [0.25, 0.3) is 0 Å². The third-order valence-corrected chi connectivity index (χ3v) is 4.52. The Hall–Kier alpha value is -2.44. The summed E-state index contributed by atoms with van der Waals surface area (Å²) in [5.41, 5.74) is 1.70. The number of hydrogen-bond acceptors (Lipinski definition) is 5. The Morgan fingerprint density at radius 1 is 1.27 bits per heavy atom. The average molecular weight is 394 g/mol. The van der Waals surface area contributed by atoms with Crippen LogP contribution in [0.15, 0.2) is 52.8 Å². The van der Waals surface area contributed by atoms with Gasteiger partial charge in [-0.1, -0.05) is 29.3 Å². The third-order valence-electron chi connectivity index (χ3n) is 3.89. The van der Waals surface area contributed by atoms with Gasteiger partial charge >= 0.3 is 5.97 Å². The monoisotopic (exact) mass is 393 g/mol. The minimum Gasteiger partial charge on any atom is -0.466 e. The number of carbonyl (C=O) groups is 1. The summed E-state index contributed by atoms with van der Waals surface area (Å²) in [6.07, 6.45) is 1.58. The van der Waals surface area contributed by atoms with Crippen LogP contribution >= 0.6 is 23.2 Å². The van der Waals surface area contributed by atoms with Gasteiger partial charge in [0.2, 0.25) is 0 Å². The molecule has 8 heteroatoms. The fourth-order valence-corrected chi connectivity index (χ4v) is 3.16. The average Bonchev–Trinajstić information content (AvgIpc) is 2.61. The zero-order valence-electron chi connectivity index (χ0n) is 13.9. The van der Waals surface area contributed by atoms with Crippen molar-refractivity contribution in [2.45, 2.75) is 13.0 Å². The van der Waals surface area contributed by atoms with Crippen LogP contribution in [0, 0.1) is 5.82 Å². The second kappa shape index (κ2) is 7.43. The Morgan fingerprint density at radius 2 is 2.04 bits per heavy atom. The van der Waals surface area contributed by atoms with Crippen molar-refractivity contribution in [3.05, 3.63) is 74.9 Å². The van der Waals surface area contributed by atoms with Gasteiger partial charge in [-0.15, -0.1) is 0 Å². The van der Waals surface area contributed by atoms with Crippen molar-refractivity contribution in [1.82, 2.24) is 10.3 Å². The molecule has 1 aromatic carbocycles. The zero-order chi connectivity index (χ0) is 18.8. The number of nitrogens with one attached hydrogen (secondary N) is 1. The smallest absolute Gasteiger partial charge is 0.338 e. The van der Waals surface area contributed by atoms with E-state index in [1.165, 1.54) is 25.3 Å². The zero-order valence-corrected chi connectivity index (χ0v) is 15.4. The summed E-state index contributed by atoms with van der Waals surface area (Å²) in [5.74, 6) is -0.661. The molecule has 0 saturated carbocycles. The summed E-state index contributed by atoms with van der Waals surface area (Å²) >= 11 is 12.4. The fourth-order valence-electron chi connectivity index (χ4n) is 2.68. The Balaban J connectivity index is 2.17. The molecule has 1 N–H and O–H groups in total. The van der Waals surface area contributed by atoms with Crippen LogP contribution in [-0.4, -0.2) is 23.9 Å². The highest BCUT2D eigenvalue weighted by Crippen LogP contribution is 2.36. The van der Waals surface area contributed by atoms with E-state index >= 15 is 0 Å². The van der Waals surface area contributed by atoms with Gasteiger partial charge in [0.1, 0.15) is 17.6 Å². The molecule has 1 aliphatic rings. The first kappa shape index (κ1) is 18.4. The lowest BCUT2D eigenvalue weighted by molar-refractivity contribution is -0.136. The number of aromatic nitrogens is 1. The van der Waals surface area contributed by atoms with Crippen molar-refractivity contribution >= 4 is 35.0 Å². The number of ether oxygens (including phenoxy) is 1. The molecule has 0 bridgehead atoms. The summed E-state index contributed by atoms with van der Waals surface area (Å²) in [6.45, 7) is 1.71. The summed E-state index contributed by atoms with van der Waals surface area (Å²) in [4.78, 5) is 21.1. The van der Waals surface area contributed by atoms with Crippen LogP contribution in [0.2, 0.25) is 10.0 Å². The molecule has 2 aromatic rings. The molecule has 1 aliphatic heterocycles. The lowest BCUT2D eigenvalue weighted by Gasteiger charge is -2.26. The molecule has 1 atom stereocenters. The van der Waals surface area contributed by atoms with E-state index in [-0.39, 0.29) is 10.6 Å². The number of pyridine rings is 1. The molecular weight excluding hydrogens is 380 g/mol. The van der Waals surface area contributed by atoms with Crippen LogP contribution in [0.4, 0.5) is 4.39 Å². The molecule has 0 amide bonds. The van der Waals surface area contributed by atoms with Gasteiger partial charge in [0.25, 0.3) is 0 Å². The van der Waals surface area contributed by atoms with E-state index in [1.807, 2.05) is 0 Å². The second-order valence-electron chi connectivity index (χ2n) is 5.54. The molecule has 0 spiro atoms. The third kappa shape index (κ3) is 3.43. The number of carbonyl (C=O) groups excluding carboxylic acids is 1. The van der Waals surface area contributed by atoms with Crippen LogP contribution < -0.4 is 5.32 Å². The first-order valence-corrected chi connectivity index (χ1v) is 8.37. The van der Waals surface area contributed by atoms with Crippen LogP contribution in [0.1, 0.15) is 24.2 Å². The molecule has 0 aliphatic carbocycles. The lowest BCUT2D eigenvalue weighted by atomic mass is 9.95. The number of aliphatic imine (C=N–C) groups is 1. The van der Waals surface area contributed by atoms with Gasteiger partial charge in [-0.2, -0.15) is 0 Å². The van der Waals surface area contributed by atoms with E-state index in [0.717, 1.165) is 0 Å². The number of hydrogen-bond donors (Lipinski definition) is 1. The lowest BCUT2D eigenvalue weighted by Crippen LogP contribution is -2.33. The van der Waals surface area contributed by atoms with E-state index in [2.05, 4.69) is 15.3 Å². The quantitative estimate of drug-likeness (QED) is 0.798. The summed E-state index contributed by atoms with van der Waals surface area (Å²) < 4.78 is 18.3. The van der Waals surface area contributed by atoms with Gasteiger partial charge in [0.15, 0.2) is 5.84 Å². The largest absolute Gasteiger partial charge is 0.466 e. The number of allylic oxidation sites excluding steroid dienone is 1. The van der Waals surface area contributed by atoms with Crippen molar-refractivity contribution in [2.24, 2.45) is 4.99 Å². The number of nitrogens with zero attached hydrogens (tertiary/aromatic N) is 2. The standard InChI is InChI=1S/C18H14Cl2FN3O2/c1-9-14(18(25)26-2)15(11-6-5-10(21)8-13(11)20)24-17(23-9)16-12(19)4-3-7-22-16/h3-8,15H,1-2H3,(H,23,24). The van der Waals surface area contributed by atoms with E-state index in [9.17, 15) is 9.18 Å². The highest BCUT2D eigenvalue weighted by atomic mass is 35.5. The molecule has 0 radical (unpaired) electrons. The fraction of sp³-hybridized carbons (Fsp3) is 0.167. The van der Waals surface area contributed by atoms with Crippen molar-refractivity contribution < 1.29 is 13.9 Å². The minimum atomic E-state index is -0.787. The number of methoxy groups -OCH3 is 1. The molecule has 5 nitrogen and oxygen atoms in total. The number of esters is 1. The highest BCUT2D eigenvalue weighted by Gasteiger charge is 2.32. The van der Waals surface area contributed by atoms with Crippen LogP contribution in [0.3, 0.4) is 0 Å². The number of benzene rings is 1. The van der Waals surface area contributed by atoms with E-state index in [4.69, 9.17) is 27.9 Å². The molecule has 26 heavy (non-hydrogen) atoms. The highest BCUT2D eigenvalue weighted by molar-refractivity contribution is 6.34. The van der Waals surface area contributed by atoms with Gasteiger partial charge < -0.3 is 10.1 Å². The molecular formula is C18H14Cl2FN3O2. The molecule has 1 unspecified atom stereocenters. The minimum absolute atomic E-state index is 0.154. The van der Waals surface area contributed by atoms with Crippen molar-refractivity contribution in [2.75, 3.05) is 7.11 Å². The molecule has 0 fully saturated rings. The number of halogens is 3. The van der Waals surface area contributed by atoms with Gasteiger partial charge in [0.05, 0.1) is 17.7 Å². The molecule has 2 heterocycles. The maximum Gasteiger partial charge on any atom is 0.338 e. The Morgan fingerprint density at radius 3 is 2.69 bits per heavy atom. The van der Waals surface area contributed by atoms with E-state index in [0.29, 0.717) is 27.8 Å². The normalized spacial score (nSPS) is 16.8. The maximum absolute atomic E-state index is 13.4. The first-order valence-electron chi connectivity index (χ1n) is 7.62. The molecule has 3 rings (SSSR count). The van der Waals surface area contributed by atoms with Gasteiger partial charge in [-0.05, 0) is 31.2 Å². The SMILES string of the molecule is COC(=O)C1=C(C)NC(c2ncccc2Cl)=NC1c1ccc(F)cc1Cl. The summed E-state index contributed by atoms with van der Waals surface area (Å²) in [7, 11) is 1.28. The Labute approximate surface area is 159 Å². The van der Waals surface area contributed by atoms with Gasteiger partial charge in [-0.3, -0.25) is 9.98 Å². The topological polar surface area (TPSA) is 63.6 Å². The van der Waals surface area contributed by atoms with Crippen molar-refractivity contribution in [3.8, 4) is 0 Å². The molecule has 134 valence electrons. The predicted octanol–water partition coefficient (Wildman–Crippen LogP) is 4.07. The van der Waals surface area contributed by atoms with Crippen LogP contribution in [0.5, 0.6) is 0 Å². The number of rotatable bonds is 3. The second-order valence-corrected chi connectivity index (χ2v) is 6.35. The van der Waals surface area contributed by atoms with E-state index in [1.54, 1.807) is 25.3 Å². The summed E-state index contributed by atoms with van der Waals surface area (Å²) in [6, 6.07) is 6.52. The van der Waals surface area contributed by atoms with Crippen molar-refractivity contribution in [3.63, 3.8) is 0 Å². The van der Waals surface area contributed by atoms with Gasteiger partial charge in [0, 0.05) is 22.5 Å². The molecule has 1 aromatic heterocycles. The van der Waals surface area contributed by atoms with Crippen molar-refractivity contribution in [1.29, 1.82) is 0 Å². The molecule has 0 saturated heterocycles. The Bertz CT molecular complexity index is 944. The van der Waals surface area contributed by atoms with E-state index < -0.39 is 17.8 Å². The predicted molar refractivity (Wildman–Crippen MR) is 97.8 cm³/mol. The maximum atomic E-state index is 13.4. The summed E-state index contributed by atoms with van der Waals surface area (Å²) in [5, 5.41) is 3.59. The van der Waals surface area contributed by atoms with Gasteiger partial charge in [-0.25, -0.2) is 9.18 Å². The first-order chi connectivity index (χ1) is 12.4.